The van der Waals surface area contributed by atoms with Gasteiger partial charge in [0.25, 0.3) is 0 Å². The number of hydrogen-bond acceptors (Lipinski definition) is 3. The summed E-state index contributed by atoms with van der Waals surface area (Å²) in [4.78, 5) is 10.8. The van der Waals surface area contributed by atoms with E-state index in [4.69, 9.17) is 14.3 Å². The molecule has 0 aliphatic rings. The van der Waals surface area contributed by atoms with Crippen LogP contribution in [0.5, 0.6) is 5.75 Å². The third kappa shape index (κ3) is 2.70. The van der Waals surface area contributed by atoms with Crippen LogP contribution in [0.1, 0.15) is 16.1 Å². The molecule has 0 aliphatic carbocycles. The van der Waals surface area contributed by atoms with Crippen LogP contribution in [0.4, 0.5) is 4.39 Å². The number of carbonyl (C=O) groups is 1. The van der Waals surface area contributed by atoms with Gasteiger partial charge in [0.15, 0.2) is 17.3 Å². The summed E-state index contributed by atoms with van der Waals surface area (Å²) in [6, 6.07) is 5.56. The number of rotatable bonds is 4. The normalized spacial score (nSPS) is 10.3. The van der Waals surface area contributed by atoms with Crippen molar-refractivity contribution >= 4 is 21.9 Å². The number of aromatic carboxylic acids is 1. The van der Waals surface area contributed by atoms with Gasteiger partial charge in [-0.2, -0.15) is 0 Å². The maximum absolute atomic E-state index is 13.4. The largest absolute Gasteiger partial charge is 0.483 e. The molecule has 0 unspecified atom stereocenters. The van der Waals surface area contributed by atoms with Gasteiger partial charge in [0.2, 0.25) is 0 Å². The Hall–Kier alpha value is -1.82. The summed E-state index contributed by atoms with van der Waals surface area (Å²) in [5.41, 5.74) is 0.00500. The minimum absolute atomic E-state index is 0.00500. The lowest BCUT2D eigenvalue weighted by Crippen LogP contribution is -2.03. The van der Waals surface area contributed by atoms with Gasteiger partial charge in [-0.15, -0.1) is 0 Å². The Bertz CT molecular complexity index is 579. The van der Waals surface area contributed by atoms with Gasteiger partial charge in [-0.3, -0.25) is 0 Å². The van der Waals surface area contributed by atoms with Crippen LogP contribution in [0.15, 0.2) is 39.4 Å². The smallest absolute Gasteiger partial charge is 0.339 e. The summed E-state index contributed by atoms with van der Waals surface area (Å²) in [5.74, 6) is -1.47. The van der Waals surface area contributed by atoms with Crippen LogP contribution >= 0.6 is 15.9 Å². The fourth-order valence-corrected chi connectivity index (χ4v) is 1.71. The van der Waals surface area contributed by atoms with Gasteiger partial charge >= 0.3 is 5.97 Å². The van der Waals surface area contributed by atoms with Crippen molar-refractivity contribution in [1.82, 2.24) is 0 Å². The highest BCUT2D eigenvalue weighted by molar-refractivity contribution is 9.10. The molecule has 1 N–H and O–H groups in total. The maximum Gasteiger partial charge on any atom is 0.339 e. The van der Waals surface area contributed by atoms with Crippen LogP contribution < -0.4 is 4.74 Å². The van der Waals surface area contributed by atoms with Crippen molar-refractivity contribution in [2.45, 2.75) is 6.61 Å². The fourth-order valence-electron chi connectivity index (χ4n) is 1.37. The van der Waals surface area contributed by atoms with E-state index in [1.165, 1.54) is 30.5 Å². The third-order valence-corrected chi connectivity index (χ3v) is 2.72. The van der Waals surface area contributed by atoms with Gasteiger partial charge in [-0.05, 0) is 24.3 Å². The summed E-state index contributed by atoms with van der Waals surface area (Å²) in [6.45, 7) is -0.151. The van der Waals surface area contributed by atoms with Crippen molar-refractivity contribution in [3.05, 3.63) is 52.1 Å². The van der Waals surface area contributed by atoms with Gasteiger partial charge in [-0.25, -0.2) is 9.18 Å². The van der Waals surface area contributed by atoms with Crippen molar-refractivity contribution in [2.75, 3.05) is 0 Å². The molecule has 0 fully saturated rings. The van der Waals surface area contributed by atoms with Crippen LogP contribution in [0.25, 0.3) is 0 Å². The van der Waals surface area contributed by atoms with E-state index >= 15 is 0 Å². The second kappa shape index (κ2) is 5.22. The predicted molar refractivity (Wildman–Crippen MR) is 64.1 cm³/mol. The predicted octanol–water partition coefficient (Wildman–Crippen LogP) is 3.46. The van der Waals surface area contributed by atoms with Crippen LogP contribution in [0, 0.1) is 5.82 Å². The average Bonchev–Trinajstić information content (AvgIpc) is 2.79. The monoisotopic (exact) mass is 314 g/mol. The Labute approximate surface area is 110 Å². The van der Waals surface area contributed by atoms with Crippen molar-refractivity contribution in [3.63, 3.8) is 0 Å². The van der Waals surface area contributed by atoms with Crippen LogP contribution in [-0.4, -0.2) is 11.1 Å². The molecule has 1 heterocycles. The Morgan fingerprint density at radius 3 is 2.94 bits per heavy atom. The van der Waals surface area contributed by atoms with Crippen molar-refractivity contribution in [3.8, 4) is 5.75 Å². The molecule has 0 radical (unpaired) electrons. The van der Waals surface area contributed by atoms with E-state index in [0.29, 0.717) is 4.47 Å². The molecule has 4 nitrogen and oxygen atoms in total. The number of benzene rings is 1. The first-order valence-electron chi connectivity index (χ1n) is 4.95. The first-order chi connectivity index (χ1) is 8.58. The molecule has 18 heavy (non-hydrogen) atoms. The van der Waals surface area contributed by atoms with E-state index < -0.39 is 11.8 Å². The second-order valence-corrected chi connectivity index (χ2v) is 4.34. The van der Waals surface area contributed by atoms with Gasteiger partial charge in [0.1, 0.15) is 12.2 Å². The summed E-state index contributed by atoms with van der Waals surface area (Å²) < 4.78 is 24.2. The van der Waals surface area contributed by atoms with Crippen LogP contribution in [-0.2, 0) is 6.61 Å². The number of carboxylic acid groups (broad SMARTS) is 1. The lowest BCUT2D eigenvalue weighted by molar-refractivity contribution is 0.0691. The van der Waals surface area contributed by atoms with Crippen molar-refractivity contribution in [2.24, 2.45) is 0 Å². The molecule has 6 heteroatoms. The first-order valence-corrected chi connectivity index (χ1v) is 5.74. The number of carboxylic acids is 1. The minimum atomic E-state index is -1.11. The Kier molecular flexibility index (Phi) is 3.66. The van der Waals surface area contributed by atoms with Crippen LogP contribution in [0.2, 0.25) is 0 Å². The van der Waals surface area contributed by atoms with E-state index in [1.807, 2.05) is 0 Å². The van der Waals surface area contributed by atoms with E-state index in [1.54, 1.807) is 0 Å². The average molecular weight is 315 g/mol. The third-order valence-electron chi connectivity index (χ3n) is 2.23. The lowest BCUT2D eigenvalue weighted by atomic mass is 10.2. The Morgan fingerprint density at radius 2 is 2.22 bits per heavy atom. The summed E-state index contributed by atoms with van der Waals surface area (Å²) >= 11 is 3.19. The minimum Gasteiger partial charge on any atom is -0.483 e. The van der Waals surface area contributed by atoms with Gasteiger partial charge in [0, 0.05) is 4.47 Å². The maximum atomic E-state index is 13.4. The van der Waals surface area contributed by atoms with Crippen molar-refractivity contribution < 1.29 is 23.4 Å². The first kappa shape index (κ1) is 12.6. The van der Waals surface area contributed by atoms with Gasteiger partial charge in [0.05, 0.1) is 6.26 Å². The topological polar surface area (TPSA) is 59.7 Å². The molecule has 1 aromatic carbocycles. The quantitative estimate of drug-likeness (QED) is 0.939. The Morgan fingerprint density at radius 1 is 1.44 bits per heavy atom. The molecule has 94 valence electrons. The molecule has 0 saturated carbocycles. The van der Waals surface area contributed by atoms with E-state index in [0.717, 1.165) is 0 Å². The highest BCUT2D eigenvalue weighted by Gasteiger charge is 2.14. The lowest BCUT2D eigenvalue weighted by Gasteiger charge is -2.06. The molecule has 0 amide bonds. The van der Waals surface area contributed by atoms with E-state index in [-0.39, 0.29) is 23.7 Å². The molecule has 2 rings (SSSR count). The second-order valence-electron chi connectivity index (χ2n) is 3.43. The number of furan rings is 1. The SMILES string of the molecule is O=C(O)c1ccoc1COc1cc(Br)ccc1F. The van der Waals surface area contributed by atoms with E-state index in [2.05, 4.69) is 15.9 Å². The van der Waals surface area contributed by atoms with E-state index in [9.17, 15) is 9.18 Å². The zero-order valence-electron chi connectivity index (χ0n) is 9.02. The molecular weight excluding hydrogens is 307 g/mol. The number of ether oxygens (including phenoxy) is 1. The zero-order valence-corrected chi connectivity index (χ0v) is 10.6. The number of halogens is 2. The fraction of sp³-hybridized carbons (Fsp3) is 0.0833. The van der Waals surface area contributed by atoms with Gasteiger partial charge in [-0.1, -0.05) is 15.9 Å². The highest BCUT2D eigenvalue weighted by atomic mass is 79.9. The van der Waals surface area contributed by atoms with Gasteiger partial charge < -0.3 is 14.3 Å². The van der Waals surface area contributed by atoms with Crippen LogP contribution in [0.3, 0.4) is 0 Å². The summed E-state index contributed by atoms with van der Waals surface area (Å²) in [7, 11) is 0. The summed E-state index contributed by atoms with van der Waals surface area (Å²) in [5, 5.41) is 8.85. The molecular formula is C12H8BrFO4. The molecule has 0 spiro atoms. The molecule has 1 aromatic heterocycles. The summed E-state index contributed by atoms with van der Waals surface area (Å²) in [6.07, 6.45) is 1.25. The Balaban J connectivity index is 2.14. The molecule has 0 saturated heterocycles. The van der Waals surface area contributed by atoms with Crippen molar-refractivity contribution in [1.29, 1.82) is 0 Å². The zero-order chi connectivity index (χ0) is 13.1. The molecule has 0 aliphatic heterocycles. The standard InChI is InChI=1S/C12H8BrFO4/c13-7-1-2-9(14)10(5-7)18-6-11-8(12(15)16)3-4-17-11/h1-5H,6H2,(H,15,16). The molecule has 2 aromatic rings. The highest BCUT2D eigenvalue weighted by Crippen LogP contribution is 2.23. The molecule has 0 atom stereocenters. The number of hydrogen-bond donors (Lipinski definition) is 1. The molecule has 0 bridgehead atoms.